The summed E-state index contributed by atoms with van der Waals surface area (Å²) in [6, 6.07) is 14.1. The van der Waals surface area contributed by atoms with Crippen LogP contribution in [0.3, 0.4) is 0 Å². The largest absolute Gasteiger partial charge is 0.489 e. The molecule has 5 rings (SSSR count). The van der Waals surface area contributed by atoms with Crippen molar-refractivity contribution in [3.8, 4) is 5.75 Å². The van der Waals surface area contributed by atoms with Crippen LogP contribution in [-0.4, -0.2) is 34.5 Å². The molecule has 1 aliphatic heterocycles. The minimum Gasteiger partial charge on any atom is -0.489 e. The number of rotatable bonds is 7. The number of amides is 1. The van der Waals surface area contributed by atoms with Gasteiger partial charge >= 0.3 is 0 Å². The highest BCUT2D eigenvalue weighted by molar-refractivity contribution is 6.07. The molecule has 0 aromatic heterocycles. The molecule has 0 bridgehead atoms. The Labute approximate surface area is 200 Å². The van der Waals surface area contributed by atoms with Gasteiger partial charge in [-0.15, -0.1) is 0 Å². The molecular formula is C28H32N2O4. The predicted octanol–water partition coefficient (Wildman–Crippen LogP) is 4.33. The second kappa shape index (κ2) is 10.1. The zero-order chi connectivity index (χ0) is 23.5. The Kier molecular flexibility index (Phi) is 6.77. The number of carbonyl (C=O) groups excluding carboxylic acids is 3. The number of Topliss-reactive ketones (excluding diaryl/α,β-unsaturated/α-hetero) is 2. The lowest BCUT2D eigenvalue weighted by Gasteiger charge is -2.29. The van der Waals surface area contributed by atoms with Gasteiger partial charge in [-0.05, 0) is 42.5 Å². The summed E-state index contributed by atoms with van der Waals surface area (Å²) in [7, 11) is 0. The van der Waals surface area contributed by atoms with E-state index in [0.29, 0.717) is 43.3 Å². The molecule has 1 N–H and O–H groups in total. The lowest BCUT2D eigenvalue weighted by atomic mass is 9.92. The van der Waals surface area contributed by atoms with Gasteiger partial charge in [0, 0.05) is 30.1 Å². The molecule has 0 radical (unpaired) electrons. The van der Waals surface area contributed by atoms with Gasteiger partial charge in [-0.3, -0.25) is 14.4 Å². The van der Waals surface area contributed by atoms with Gasteiger partial charge < -0.3 is 15.0 Å². The molecule has 2 aliphatic carbocycles. The number of ether oxygens (including phenoxy) is 1. The highest BCUT2D eigenvalue weighted by Crippen LogP contribution is 2.34. The number of hydrogen-bond acceptors (Lipinski definition) is 5. The summed E-state index contributed by atoms with van der Waals surface area (Å²) in [5.74, 6) is 0.335. The molecule has 34 heavy (non-hydrogen) atoms. The van der Waals surface area contributed by atoms with Crippen molar-refractivity contribution in [2.24, 2.45) is 0 Å². The van der Waals surface area contributed by atoms with Crippen LogP contribution in [0.15, 0.2) is 42.5 Å². The summed E-state index contributed by atoms with van der Waals surface area (Å²) in [5, 5.41) is 3.67. The SMILES string of the molecule is O=C1CCC(N2Cc3c(OCc4ccc(CNC5CCCCC5)cc4)cccc3C2=O)C(=O)C1. The first-order valence-corrected chi connectivity index (χ1v) is 12.5. The molecule has 178 valence electrons. The van der Waals surface area contributed by atoms with Crippen LogP contribution in [-0.2, 0) is 29.3 Å². The van der Waals surface area contributed by atoms with Gasteiger partial charge in [-0.2, -0.15) is 0 Å². The van der Waals surface area contributed by atoms with Crippen molar-refractivity contribution in [3.05, 3.63) is 64.7 Å². The summed E-state index contributed by atoms with van der Waals surface area (Å²) < 4.78 is 6.12. The van der Waals surface area contributed by atoms with Crippen LogP contribution in [0.5, 0.6) is 5.75 Å². The molecule has 0 saturated heterocycles. The summed E-state index contributed by atoms with van der Waals surface area (Å²) in [4.78, 5) is 38.6. The normalized spacial score (nSPS) is 21.1. The van der Waals surface area contributed by atoms with Crippen LogP contribution in [0, 0.1) is 0 Å². The van der Waals surface area contributed by atoms with Crippen LogP contribution in [0.25, 0.3) is 0 Å². The molecule has 6 heteroatoms. The van der Waals surface area contributed by atoms with Gasteiger partial charge in [-0.25, -0.2) is 0 Å². The zero-order valence-electron chi connectivity index (χ0n) is 19.6. The quantitative estimate of drug-likeness (QED) is 0.623. The van der Waals surface area contributed by atoms with E-state index in [2.05, 4.69) is 29.6 Å². The van der Waals surface area contributed by atoms with E-state index in [1.54, 1.807) is 11.0 Å². The van der Waals surface area contributed by atoms with E-state index in [1.165, 1.54) is 37.7 Å². The highest BCUT2D eigenvalue weighted by Gasteiger charge is 2.39. The third-order valence-electron chi connectivity index (χ3n) is 7.39. The maximum Gasteiger partial charge on any atom is 0.255 e. The summed E-state index contributed by atoms with van der Waals surface area (Å²) in [6.07, 6.45) is 7.28. The Bertz CT molecular complexity index is 1070. The Morgan fingerprint density at radius 2 is 1.68 bits per heavy atom. The summed E-state index contributed by atoms with van der Waals surface area (Å²) in [6.45, 7) is 1.65. The maximum absolute atomic E-state index is 13.0. The first-order valence-electron chi connectivity index (χ1n) is 12.5. The topological polar surface area (TPSA) is 75.7 Å². The lowest BCUT2D eigenvalue weighted by molar-refractivity contribution is -0.133. The van der Waals surface area contributed by atoms with Gasteiger partial charge in [0.15, 0.2) is 5.78 Å². The van der Waals surface area contributed by atoms with Crippen molar-refractivity contribution in [3.63, 3.8) is 0 Å². The van der Waals surface area contributed by atoms with Gasteiger partial charge in [0.1, 0.15) is 18.1 Å². The smallest absolute Gasteiger partial charge is 0.255 e. The molecular weight excluding hydrogens is 428 g/mol. The molecule has 1 atom stereocenters. The van der Waals surface area contributed by atoms with Crippen LogP contribution in [0.1, 0.15) is 78.4 Å². The fourth-order valence-corrected chi connectivity index (χ4v) is 5.39. The van der Waals surface area contributed by atoms with Gasteiger partial charge in [-0.1, -0.05) is 49.6 Å². The molecule has 3 aliphatic rings. The Morgan fingerprint density at radius 3 is 2.44 bits per heavy atom. The fourth-order valence-electron chi connectivity index (χ4n) is 5.39. The monoisotopic (exact) mass is 460 g/mol. The average Bonchev–Trinajstić information content (AvgIpc) is 3.19. The van der Waals surface area contributed by atoms with Crippen molar-refractivity contribution in [1.29, 1.82) is 0 Å². The van der Waals surface area contributed by atoms with Crippen molar-refractivity contribution >= 4 is 17.5 Å². The predicted molar refractivity (Wildman–Crippen MR) is 128 cm³/mol. The van der Waals surface area contributed by atoms with Crippen LogP contribution in [0.4, 0.5) is 0 Å². The third-order valence-corrected chi connectivity index (χ3v) is 7.39. The van der Waals surface area contributed by atoms with E-state index < -0.39 is 6.04 Å². The lowest BCUT2D eigenvalue weighted by Crippen LogP contribution is -2.44. The maximum atomic E-state index is 13.0. The van der Waals surface area contributed by atoms with E-state index in [0.717, 1.165) is 17.7 Å². The van der Waals surface area contributed by atoms with Crippen LogP contribution < -0.4 is 10.1 Å². The van der Waals surface area contributed by atoms with E-state index in [-0.39, 0.29) is 23.9 Å². The standard InChI is InChI=1S/C28H32N2O4/c31-22-13-14-25(26(32)15-22)30-17-24-23(28(30)33)7-4-8-27(24)34-18-20-11-9-19(10-12-20)16-29-21-5-2-1-3-6-21/h4,7-12,21,25,29H,1-3,5-6,13-18H2. The molecule has 1 amide bonds. The third kappa shape index (κ3) is 4.92. The molecule has 2 saturated carbocycles. The Hall–Kier alpha value is -2.99. The number of hydrogen-bond donors (Lipinski definition) is 1. The molecule has 6 nitrogen and oxygen atoms in total. The Balaban J connectivity index is 1.19. The summed E-state index contributed by atoms with van der Waals surface area (Å²) in [5.41, 5.74) is 3.75. The first kappa shape index (κ1) is 22.8. The molecule has 2 fully saturated rings. The number of nitrogens with zero attached hydrogens (tertiary/aromatic N) is 1. The van der Waals surface area contributed by atoms with Gasteiger partial charge in [0.2, 0.25) is 0 Å². The van der Waals surface area contributed by atoms with Crippen molar-refractivity contribution in [2.75, 3.05) is 0 Å². The second-order valence-corrected chi connectivity index (χ2v) is 9.77. The molecule has 1 unspecified atom stereocenters. The van der Waals surface area contributed by atoms with Gasteiger partial charge in [0.05, 0.1) is 19.0 Å². The van der Waals surface area contributed by atoms with Crippen LogP contribution in [0.2, 0.25) is 0 Å². The number of fused-ring (bicyclic) bond motifs is 1. The summed E-state index contributed by atoms with van der Waals surface area (Å²) >= 11 is 0. The zero-order valence-corrected chi connectivity index (χ0v) is 19.6. The van der Waals surface area contributed by atoms with E-state index >= 15 is 0 Å². The van der Waals surface area contributed by atoms with Crippen molar-refractivity contribution < 1.29 is 19.1 Å². The number of ketones is 2. The molecule has 1 heterocycles. The minimum atomic E-state index is -0.514. The Morgan fingerprint density at radius 1 is 0.912 bits per heavy atom. The van der Waals surface area contributed by atoms with Crippen molar-refractivity contribution in [1.82, 2.24) is 10.2 Å². The first-order chi connectivity index (χ1) is 16.6. The molecule has 2 aromatic rings. The van der Waals surface area contributed by atoms with E-state index in [9.17, 15) is 14.4 Å². The number of nitrogens with one attached hydrogen (secondary N) is 1. The molecule has 2 aromatic carbocycles. The number of carbonyl (C=O) groups is 3. The van der Waals surface area contributed by atoms with E-state index in [1.807, 2.05) is 12.1 Å². The molecule has 0 spiro atoms. The van der Waals surface area contributed by atoms with Gasteiger partial charge in [0.25, 0.3) is 5.91 Å². The highest BCUT2D eigenvalue weighted by atomic mass is 16.5. The van der Waals surface area contributed by atoms with Crippen LogP contribution >= 0.6 is 0 Å². The van der Waals surface area contributed by atoms with E-state index in [4.69, 9.17) is 4.74 Å². The minimum absolute atomic E-state index is 0.0368. The fraction of sp³-hybridized carbons (Fsp3) is 0.464. The average molecular weight is 461 g/mol. The van der Waals surface area contributed by atoms with Crippen molar-refractivity contribution in [2.45, 2.75) is 83.1 Å². The number of benzene rings is 2. The second-order valence-electron chi connectivity index (χ2n) is 9.77.